The first-order valence-electron chi connectivity index (χ1n) is 9.77. The van der Waals surface area contributed by atoms with E-state index in [1.165, 1.54) is 24.9 Å². The Kier molecular flexibility index (Phi) is 5.97. The Morgan fingerprint density at radius 1 is 1.11 bits per heavy atom. The van der Waals surface area contributed by atoms with E-state index in [2.05, 4.69) is 32.3 Å². The van der Waals surface area contributed by atoms with Crippen molar-refractivity contribution < 1.29 is 4.79 Å². The lowest BCUT2D eigenvalue weighted by molar-refractivity contribution is -0.116. The first kappa shape index (κ1) is 18.6. The highest BCUT2D eigenvalue weighted by Gasteiger charge is 2.11. The zero-order valence-electron chi connectivity index (χ0n) is 15.8. The van der Waals surface area contributed by atoms with Crippen molar-refractivity contribution in [2.45, 2.75) is 32.1 Å². The lowest BCUT2D eigenvalue weighted by Gasteiger charge is -2.28. The van der Waals surface area contributed by atoms with Crippen molar-refractivity contribution in [2.24, 2.45) is 0 Å². The topological polar surface area (TPSA) is 58.1 Å². The molecule has 0 bridgehead atoms. The molecule has 1 aromatic carbocycles. The number of rotatable bonds is 6. The van der Waals surface area contributed by atoms with Crippen molar-refractivity contribution in [3.63, 3.8) is 0 Å². The van der Waals surface area contributed by atoms with Crippen LogP contribution in [-0.4, -0.2) is 29.0 Å². The summed E-state index contributed by atoms with van der Waals surface area (Å²) in [6, 6.07) is 12.1. The molecule has 1 N–H and O–H groups in total. The first-order valence-corrected chi connectivity index (χ1v) is 10.7. The van der Waals surface area contributed by atoms with E-state index in [4.69, 9.17) is 0 Å². The van der Waals surface area contributed by atoms with Crippen LogP contribution in [0.2, 0.25) is 0 Å². The average molecular weight is 393 g/mol. The summed E-state index contributed by atoms with van der Waals surface area (Å²) < 4.78 is 0. The second-order valence-electron chi connectivity index (χ2n) is 7.03. The quantitative estimate of drug-likeness (QED) is 0.657. The molecule has 0 spiro atoms. The number of anilines is 2. The van der Waals surface area contributed by atoms with Gasteiger partial charge in [0, 0.05) is 54.2 Å². The van der Waals surface area contributed by atoms with E-state index in [-0.39, 0.29) is 5.91 Å². The van der Waals surface area contributed by atoms with Crippen LogP contribution in [0, 0.1) is 0 Å². The number of piperidine rings is 1. The summed E-state index contributed by atoms with van der Waals surface area (Å²) in [5.74, 6) is 0.0154. The third-order valence-corrected chi connectivity index (χ3v) is 5.88. The maximum Gasteiger partial charge on any atom is 0.224 e. The Morgan fingerprint density at radius 2 is 1.93 bits per heavy atom. The van der Waals surface area contributed by atoms with Gasteiger partial charge in [0.1, 0.15) is 5.01 Å². The Hall–Kier alpha value is -2.73. The summed E-state index contributed by atoms with van der Waals surface area (Å²) in [6.45, 7) is 2.25. The minimum absolute atomic E-state index is 0.0154. The number of aryl methyl sites for hydroxylation is 1. The summed E-state index contributed by atoms with van der Waals surface area (Å²) in [5.41, 5.74) is 4.04. The van der Waals surface area contributed by atoms with Crippen molar-refractivity contribution in [1.29, 1.82) is 0 Å². The molecule has 5 nitrogen and oxygen atoms in total. The van der Waals surface area contributed by atoms with Gasteiger partial charge in [0.05, 0.1) is 5.69 Å². The molecule has 1 aliphatic heterocycles. The number of hydrogen-bond acceptors (Lipinski definition) is 5. The smallest absolute Gasteiger partial charge is 0.224 e. The summed E-state index contributed by atoms with van der Waals surface area (Å²) in [4.78, 5) is 23.4. The third-order valence-electron chi connectivity index (χ3n) is 4.94. The largest absolute Gasteiger partial charge is 0.372 e. The van der Waals surface area contributed by atoms with E-state index >= 15 is 0 Å². The lowest BCUT2D eigenvalue weighted by atomic mass is 10.1. The van der Waals surface area contributed by atoms with Crippen LogP contribution >= 0.6 is 11.3 Å². The van der Waals surface area contributed by atoms with Crippen LogP contribution in [0.5, 0.6) is 0 Å². The predicted molar refractivity (Wildman–Crippen MR) is 115 cm³/mol. The Morgan fingerprint density at radius 3 is 2.68 bits per heavy atom. The summed E-state index contributed by atoms with van der Waals surface area (Å²) >= 11 is 1.59. The fraction of sp³-hybridized carbons (Fsp3) is 0.318. The third kappa shape index (κ3) is 4.75. The van der Waals surface area contributed by atoms with Crippen LogP contribution in [0.3, 0.4) is 0 Å². The SMILES string of the molecule is O=C(CCc1csc(-c2cccnc2)n1)Nc1ccc(N2CCCCC2)cc1. The van der Waals surface area contributed by atoms with Gasteiger partial charge in [-0.15, -0.1) is 11.3 Å². The molecule has 28 heavy (non-hydrogen) atoms. The summed E-state index contributed by atoms with van der Waals surface area (Å²) in [5, 5.41) is 5.95. The molecule has 2 aromatic heterocycles. The average Bonchev–Trinajstić information content (AvgIpc) is 3.23. The molecule has 4 rings (SSSR count). The molecule has 0 atom stereocenters. The number of aromatic nitrogens is 2. The molecule has 0 saturated carbocycles. The molecule has 0 radical (unpaired) electrons. The van der Waals surface area contributed by atoms with Crippen molar-refractivity contribution in [2.75, 3.05) is 23.3 Å². The fourth-order valence-corrected chi connectivity index (χ4v) is 4.26. The monoisotopic (exact) mass is 392 g/mol. The van der Waals surface area contributed by atoms with E-state index in [0.29, 0.717) is 12.8 Å². The van der Waals surface area contributed by atoms with Gasteiger partial charge in [-0.2, -0.15) is 0 Å². The van der Waals surface area contributed by atoms with Crippen LogP contribution < -0.4 is 10.2 Å². The van der Waals surface area contributed by atoms with Crippen LogP contribution in [0.25, 0.3) is 10.6 Å². The van der Waals surface area contributed by atoms with Crippen molar-refractivity contribution in [3.8, 4) is 10.6 Å². The van der Waals surface area contributed by atoms with Crippen molar-refractivity contribution in [1.82, 2.24) is 9.97 Å². The molecule has 1 aliphatic rings. The Bertz CT molecular complexity index is 902. The Balaban J connectivity index is 1.28. The second kappa shape index (κ2) is 8.97. The highest BCUT2D eigenvalue weighted by molar-refractivity contribution is 7.13. The zero-order chi connectivity index (χ0) is 19.2. The molecule has 0 unspecified atom stereocenters. The number of amides is 1. The van der Waals surface area contributed by atoms with Gasteiger partial charge < -0.3 is 10.2 Å². The van der Waals surface area contributed by atoms with Gasteiger partial charge in [-0.05, 0) is 62.1 Å². The second-order valence-corrected chi connectivity index (χ2v) is 7.89. The van der Waals surface area contributed by atoms with Gasteiger partial charge in [0.25, 0.3) is 0 Å². The first-order chi connectivity index (χ1) is 13.8. The van der Waals surface area contributed by atoms with Crippen LogP contribution in [0.1, 0.15) is 31.4 Å². The van der Waals surface area contributed by atoms with Crippen molar-refractivity contribution in [3.05, 3.63) is 59.9 Å². The van der Waals surface area contributed by atoms with Crippen LogP contribution in [0.15, 0.2) is 54.2 Å². The number of pyridine rings is 1. The minimum atomic E-state index is 0.0154. The molecule has 1 saturated heterocycles. The molecule has 3 heterocycles. The highest BCUT2D eigenvalue weighted by Crippen LogP contribution is 2.24. The lowest BCUT2D eigenvalue weighted by Crippen LogP contribution is -2.29. The number of carbonyl (C=O) groups is 1. The molecule has 3 aromatic rings. The summed E-state index contributed by atoms with van der Waals surface area (Å²) in [7, 11) is 0. The van der Waals surface area contributed by atoms with Gasteiger partial charge >= 0.3 is 0 Å². The zero-order valence-corrected chi connectivity index (χ0v) is 16.6. The van der Waals surface area contributed by atoms with Gasteiger partial charge in [0.2, 0.25) is 5.91 Å². The normalized spacial score (nSPS) is 14.1. The molecule has 6 heteroatoms. The van der Waals surface area contributed by atoms with E-state index in [0.717, 1.165) is 35.0 Å². The molecule has 1 fully saturated rings. The summed E-state index contributed by atoms with van der Waals surface area (Å²) in [6.07, 6.45) is 8.46. The van der Waals surface area contributed by atoms with Gasteiger partial charge in [0.15, 0.2) is 0 Å². The van der Waals surface area contributed by atoms with E-state index in [1.807, 2.05) is 35.8 Å². The van der Waals surface area contributed by atoms with Gasteiger partial charge in [-0.3, -0.25) is 9.78 Å². The standard InChI is InChI=1S/C22H24N4OS/c27-21(11-8-19-16-28-22(25-19)17-5-4-12-23-15-17)24-18-6-9-20(10-7-18)26-13-2-1-3-14-26/h4-7,9-10,12,15-16H,1-3,8,11,13-14H2,(H,24,27). The van der Waals surface area contributed by atoms with Crippen LogP contribution in [-0.2, 0) is 11.2 Å². The number of carbonyl (C=O) groups excluding carboxylic acids is 1. The number of hydrogen-bond donors (Lipinski definition) is 1. The minimum Gasteiger partial charge on any atom is -0.372 e. The number of nitrogens with one attached hydrogen (secondary N) is 1. The maximum atomic E-state index is 12.3. The molecule has 0 aliphatic carbocycles. The number of nitrogens with zero attached hydrogens (tertiary/aromatic N) is 3. The highest BCUT2D eigenvalue weighted by atomic mass is 32.1. The molecular formula is C22H24N4OS. The molecule has 144 valence electrons. The number of thiazole rings is 1. The maximum absolute atomic E-state index is 12.3. The van der Waals surface area contributed by atoms with Gasteiger partial charge in [-0.25, -0.2) is 4.98 Å². The fourth-order valence-electron chi connectivity index (χ4n) is 3.42. The van der Waals surface area contributed by atoms with E-state index in [9.17, 15) is 4.79 Å². The molecular weight excluding hydrogens is 368 g/mol. The van der Waals surface area contributed by atoms with E-state index < -0.39 is 0 Å². The number of benzene rings is 1. The van der Waals surface area contributed by atoms with E-state index in [1.54, 1.807) is 17.5 Å². The Labute approximate surface area is 169 Å². The van der Waals surface area contributed by atoms with Gasteiger partial charge in [-0.1, -0.05) is 0 Å². The van der Waals surface area contributed by atoms with Crippen LogP contribution in [0.4, 0.5) is 11.4 Å². The van der Waals surface area contributed by atoms with Crippen molar-refractivity contribution >= 4 is 28.6 Å². The molecule has 1 amide bonds. The predicted octanol–water partition coefficient (Wildman–Crippen LogP) is 4.77.